The first-order chi connectivity index (χ1) is 21.9. The van der Waals surface area contributed by atoms with Crippen LogP contribution in [0.3, 0.4) is 0 Å². The minimum atomic E-state index is -1.79. The number of aliphatic carboxylic acids is 2. The maximum Gasteiger partial charge on any atom is 0.336 e. The van der Waals surface area contributed by atoms with Gasteiger partial charge in [0.2, 0.25) is 29.5 Å². The molecule has 1 aromatic heterocycles. The molecule has 0 aliphatic carbocycles. The van der Waals surface area contributed by atoms with Gasteiger partial charge in [-0.05, 0) is 43.9 Å². The molecule has 1 heterocycles. The lowest BCUT2D eigenvalue weighted by atomic mass is 10.0. The number of rotatable bonds is 16. The van der Waals surface area contributed by atoms with E-state index in [-0.39, 0.29) is 11.3 Å². The van der Waals surface area contributed by atoms with E-state index >= 15 is 0 Å². The smallest absolute Gasteiger partial charge is 0.336 e. The van der Waals surface area contributed by atoms with Crippen LogP contribution >= 0.6 is 0 Å². The summed E-state index contributed by atoms with van der Waals surface area (Å²) in [6.07, 6.45) is -3.52. The van der Waals surface area contributed by atoms with Gasteiger partial charge in [-0.15, -0.1) is 0 Å². The molecule has 0 aliphatic heterocycles. The highest BCUT2D eigenvalue weighted by atomic mass is 16.4. The number of carboxylic acid groups (broad SMARTS) is 2. The van der Waals surface area contributed by atoms with Crippen LogP contribution in [0.15, 0.2) is 33.5 Å². The Labute approximate surface area is 268 Å². The van der Waals surface area contributed by atoms with Crippen LogP contribution in [0.5, 0.6) is 0 Å². The van der Waals surface area contributed by atoms with Gasteiger partial charge in [-0.3, -0.25) is 33.6 Å². The number of anilines is 1. The quantitative estimate of drug-likeness (QED) is 0.105. The summed E-state index contributed by atoms with van der Waals surface area (Å²) in [6, 6.07) is -0.470. The molecular formula is C30H39N5O12. The van der Waals surface area contributed by atoms with Crippen molar-refractivity contribution in [1.82, 2.24) is 21.3 Å². The molecule has 0 aliphatic rings. The lowest BCUT2D eigenvalue weighted by molar-refractivity contribution is -0.141. The van der Waals surface area contributed by atoms with Crippen molar-refractivity contribution in [3.63, 3.8) is 0 Å². The zero-order valence-corrected chi connectivity index (χ0v) is 26.4. The summed E-state index contributed by atoms with van der Waals surface area (Å²) in [5, 5.41) is 41.1. The van der Waals surface area contributed by atoms with Gasteiger partial charge in [0.1, 0.15) is 29.8 Å². The molecule has 17 nitrogen and oxygen atoms in total. The molecule has 0 saturated heterocycles. The predicted octanol–water partition coefficient (Wildman–Crippen LogP) is -0.625. The second-order valence-electron chi connectivity index (χ2n) is 11.3. The van der Waals surface area contributed by atoms with Crippen molar-refractivity contribution >= 4 is 58.1 Å². The van der Waals surface area contributed by atoms with Crippen LogP contribution in [-0.4, -0.2) is 87.1 Å². The van der Waals surface area contributed by atoms with Crippen molar-refractivity contribution in [1.29, 1.82) is 0 Å². The Balaban J connectivity index is 2.26. The largest absolute Gasteiger partial charge is 0.481 e. The molecule has 1 aromatic carbocycles. The highest BCUT2D eigenvalue weighted by Crippen LogP contribution is 2.21. The second-order valence-corrected chi connectivity index (χ2v) is 11.3. The highest BCUT2D eigenvalue weighted by molar-refractivity contribution is 6.01. The Morgan fingerprint density at radius 3 is 1.96 bits per heavy atom. The Morgan fingerprint density at radius 1 is 0.787 bits per heavy atom. The highest BCUT2D eigenvalue weighted by Gasteiger charge is 2.34. The molecule has 0 radical (unpaired) electrons. The third-order valence-electron chi connectivity index (χ3n) is 6.88. The fourth-order valence-electron chi connectivity index (χ4n) is 4.49. The van der Waals surface area contributed by atoms with Crippen molar-refractivity contribution in [3.05, 3.63) is 40.2 Å². The molecule has 0 unspecified atom stereocenters. The topological polar surface area (TPSA) is 271 Å². The van der Waals surface area contributed by atoms with Crippen molar-refractivity contribution in [2.24, 2.45) is 5.92 Å². The summed E-state index contributed by atoms with van der Waals surface area (Å²) < 4.78 is 5.15. The number of carbonyl (C=O) groups is 7. The van der Waals surface area contributed by atoms with E-state index in [0.717, 1.165) is 6.92 Å². The number of aryl methyl sites for hydroxylation is 1. The van der Waals surface area contributed by atoms with Crippen LogP contribution in [-0.2, 0) is 33.6 Å². The summed E-state index contributed by atoms with van der Waals surface area (Å²) in [6.45, 7) is 7.25. The van der Waals surface area contributed by atoms with Crippen LogP contribution < -0.4 is 32.2 Å². The van der Waals surface area contributed by atoms with E-state index in [0.29, 0.717) is 10.9 Å². The van der Waals surface area contributed by atoms with Gasteiger partial charge >= 0.3 is 17.6 Å². The Hall–Kier alpha value is -5.32. The van der Waals surface area contributed by atoms with Crippen molar-refractivity contribution in [2.45, 2.75) is 84.2 Å². The van der Waals surface area contributed by atoms with Gasteiger partial charge in [0.15, 0.2) is 0 Å². The Bertz CT molecular complexity index is 1580. The molecule has 0 fully saturated rings. The van der Waals surface area contributed by atoms with Gasteiger partial charge in [0.25, 0.3) is 0 Å². The van der Waals surface area contributed by atoms with Gasteiger partial charge in [-0.1, -0.05) is 13.8 Å². The molecule has 0 spiro atoms. The normalized spacial score (nSPS) is 14.2. The van der Waals surface area contributed by atoms with Crippen molar-refractivity contribution in [2.75, 3.05) is 5.32 Å². The zero-order chi connectivity index (χ0) is 35.6. The van der Waals surface area contributed by atoms with E-state index in [2.05, 4.69) is 26.6 Å². The predicted molar refractivity (Wildman–Crippen MR) is 165 cm³/mol. The van der Waals surface area contributed by atoms with Crippen LogP contribution in [0.25, 0.3) is 11.0 Å². The molecule has 8 N–H and O–H groups in total. The van der Waals surface area contributed by atoms with Gasteiger partial charge in [-0.25, -0.2) is 4.79 Å². The van der Waals surface area contributed by atoms with Crippen LogP contribution in [0.1, 0.15) is 52.5 Å². The maximum absolute atomic E-state index is 13.2. The molecule has 5 atom stereocenters. The molecule has 17 heteroatoms. The number of hydrogen-bond acceptors (Lipinski definition) is 10. The summed E-state index contributed by atoms with van der Waals surface area (Å²) >= 11 is 0. The summed E-state index contributed by atoms with van der Waals surface area (Å²) in [5.74, 6) is -7.76. The van der Waals surface area contributed by atoms with E-state index in [1.54, 1.807) is 26.8 Å². The number of aliphatic hydroxyl groups excluding tert-OH is 1. The SMILES string of the molecule is CC(=O)N[C@H](C(=O)N[C@@H](CCC(=O)O)C(=O)N[C@H](C(=O)N[C@@H](CC(=O)O)C(=O)Nc1ccc2c(C)cc(=O)oc2c1)[C@@H](C)O)C(C)C. The summed E-state index contributed by atoms with van der Waals surface area (Å²) in [4.78, 5) is 98.5. The first kappa shape index (κ1) is 37.9. The van der Waals surface area contributed by atoms with E-state index in [9.17, 15) is 48.6 Å². The number of nitrogens with one attached hydrogen (secondary N) is 5. The lowest BCUT2D eigenvalue weighted by Gasteiger charge is -2.28. The molecule has 5 amide bonds. The third kappa shape index (κ3) is 11.5. The molecule has 0 bridgehead atoms. The minimum Gasteiger partial charge on any atom is -0.481 e. The first-order valence-corrected chi connectivity index (χ1v) is 14.5. The molecular weight excluding hydrogens is 622 g/mol. The number of carbonyl (C=O) groups excluding carboxylic acids is 5. The maximum atomic E-state index is 13.2. The fourth-order valence-corrected chi connectivity index (χ4v) is 4.49. The van der Waals surface area contributed by atoms with Crippen molar-refractivity contribution < 1.29 is 53.3 Å². The summed E-state index contributed by atoms with van der Waals surface area (Å²) in [7, 11) is 0. The van der Waals surface area contributed by atoms with Crippen LogP contribution in [0.2, 0.25) is 0 Å². The number of benzene rings is 1. The second kappa shape index (κ2) is 16.8. The van der Waals surface area contributed by atoms with Gasteiger partial charge in [0.05, 0.1) is 12.5 Å². The third-order valence-corrected chi connectivity index (χ3v) is 6.88. The molecule has 2 aromatic rings. The number of hydrogen-bond donors (Lipinski definition) is 8. The summed E-state index contributed by atoms with van der Waals surface area (Å²) in [5.41, 5.74) is 0.244. The van der Waals surface area contributed by atoms with Crippen LogP contribution in [0, 0.1) is 12.8 Å². The molecule has 2 rings (SSSR count). The van der Waals surface area contributed by atoms with E-state index in [1.807, 2.05) is 0 Å². The van der Waals surface area contributed by atoms with E-state index < -0.39 is 103 Å². The standard InChI is InChI=1S/C30H39N5O12/c1-13(2)25(31-16(5)37)29(45)33-19(8-9-22(38)39)27(43)35-26(15(4)36)30(46)34-20(12-23(40)41)28(44)32-17-6-7-18-14(3)10-24(42)47-21(18)11-17/h6-7,10-11,13,15,19-20,25-26,36H,8-9,12H2,1-5H3,(H,31,37)(H,32,44)(H,33,45)(H,34,46)(H,35,43)(H,38,39)(H,40,41)/t15-,19+,20+,25+,26+/m1/s1. The van der Waals surface area contributed by atoms with Gasteiger partial charge < -0.3 is 46.3 Å². The van der Waals surface area contributed by atoms with Crippen LogP contribution in [0.4, 0.5) is 5.69 Å². The first-order valence-electron chi connectivity index (χ1n) is 14.5. The van der Waals surface area contributed by atoms with E-state index in [1.165, 1.54) is 25.1 Å². The van der Waals surface area contributed by atoms with Gasteiger partial charge in [-0.2, -0.15) is 0 Å². The fraction of sp³-hybridized carbons (Fsp3) is 0.467. The van der Waals surface area contributed by atoms with Crippen molar-refractivity contribution in [3.8, 4) is 0 Å². The molecule has 256 valence electrons. The van der Waals surface area contributed by atoms with Gasteiger partial charge in [0, 0.05) is 36.6 Å². The number of aliphatic hydroxyl groups is 1. The number of amides is 5. The minimum absolute atomic E-state index is 0.109. The number of carboxylic acids is 2. The Kier molecular flexibility index (Phi) is 13.6. The monoisotopic (exact) mass is 661 g/mol. The Morgan fingerprint density at radius 2 is 1.40 bits per heavy atom. The van der Waals surface area contributed by atoms with E-state index in [4.69, 9.17) is 9.52 Å². The lowest BCUT2D eigenvalue weighted by Crippen LogP contribution is -2.60. The average Bonchev–Trinajstić information content (AvgIpc) is 2.94. The average molecular weight is 662 g/mol. The number of fused-ring (bicyclic) bond motifs is 1. The zero-order valence-electron chi connectivity index (χ0n) is 26.4. The molecule has 0 saturated carbocycles. The molecule has 47 heavy (non-hydrogen) atoms.